The molecule has 1 rings (SSSR count). The fraction of sp³-hybridized carbons (Fsp3) is 1.00. The SMILES string of the molecule is CC(C)C(CN(C)C)NC1CNC1. The van der Waals surface area contributed by atoms with Crippen molar-refractivity contribution in [1.82, 2.24) is 15.5 Å². The molecule has 13 heavy (non-hydrogen) atoms. The summed E-state index contributed by atoms with van der Waals surface area (Å²) in [6.45, 7) is 7.97. The molecule has 1 aliphatic rings. The van der Waals surface area contributed by atoms with Gasteiger partial charge in [0.05, 0.1) is 0 Å². The highest BCUT2D eigenvalue weighted by Crippen LogP contribution is 2.05. The molecule has 0 spiro atoms. The van der Waals surface area contributed by atoms with Gasteiger partial charge in [0.2, 0.25) is 0 Å². The minimum absolute atomic E-state index is 0.627. The summed E-state index contributed by atoms with van der Waals surface area (Å²) in [4.78, 5) is 2.25. The van der Waals surface area contributed by atoms with Gasteiger partial charge in [-0.3, -0.25) is 0 Å². The molecule has 3 heteroatoms. The Bertz CT molecular complexity index is 141. The first kappa shape index (κ1) is 11.0. The molecule has 0 aromatic rings. The van der Waals surface area contributed by atoms with E-state index in [0.29, 0.717) is 18.0 Å². The van der Waals surface area contributed by atoms with Gasteiger partial charge in [-0.15, -0.1) is 0 Å². The van der Waals surface area contributed by atoms with E-state index in [2.05, 4.69) is 43.5 Å². The third-order valence-corrected chi connectivity index (χ3v) is 2.60. The standard InChI is InChI=1S/C10H23N3/c1-8(2)10(7-13(3)4)12-9-5-11-6-9/h8-12H,5-7H2,1-4H3. The zero-order chi connectivity index (χ0) is 9.84. The van der Waals surface area contributed by atoms with Crippen LogP contribution in [0.2, 0.25) is 0 Å². The van der Waals surface area contributed by atoms with Gasteiger partial charge in [0.25, 0.3) is 0 Å². The summed E-state index contributed by atoms with van der Waals surface area (Å²) in [5, 5.41) is 6.96. The van der Waals surface area contributed by atoms with Gasteiger partial charge in [0, 0.05) is 31.7 Å². The number of rotatable bonds is 5. The van der Waals surface area contributed by atoms with Gasteiger partial charge in [-0.05, 0) is 20.0 Å². The van der Waals surface area contributed by atoms with Crippen LogP contribution in [0.3, 0.4) is 0 Å². The lowest BCUT2D eigenvalue weighted by molar-refractivity contribution is 0.240. The molecule has 1 unspecified atom stereocenters. The first-order valence-corrected chi connectivity index (χ1v) is 5.21. The molecule has 1 saturated heterocycles. The highest BCUT2D eigenvalue weighted by Gasteiger charge is 2.22. The predicted octanol–water partition coefficient (Wildman–Crippen LogP) is 0.134. The molecule has 78 valence electrons. The summed E-state index contributed by atoms with van der Waals surface area (Å²) in [7, 11) is 4.27. The molecule has 3 nitrogen and oxygen atoms in total. The van der Waals surface area contributed by atoms with E-state index in [1.165, 1.54) is 0 Å². The second-order valence-electron chi connectivity index (χ2n) is 4.63. The van der Waals surface area contributed by atoms with E-state index in [1.807, 2.05) is 0 Å². The zero-order valence-electron chi connectivity index (χ0n) is 9.30. The van der Waals surface area contributed by atoms with Gasteiger partial charge in [0.1, 0.15) is 0 Å². The van der Waals surface area contributed by atoms with E-state index < -0.39 is 0 Å². The van der Waals surface area contributed by atoms with Crippen molar-refractivity contribution in [3.63, 3.8) is 0 Å². The van der Waals surface area contributed by atoms with Crippen LogP contribution in [-0.4, -0.2) is 50.7 Å². The Morgan fingerprint density at radius 1 is 1.38 bits per heavy atom. The van der Waals surface area contributed by atoms with Crippen LogP contribution < -0.4 is 10.6 Å². The van der Waals surface area contributed by atoms with Crippen molar-refractivity contribution in [2.75, 3.05) is 33.7 Å². The largest absolute Gasteiger partial charge is 0.314 e. The van der Waals surface area contributed by atoms with Crippen molar-refractivity contribution in [1.29, 1.82) is 0 Å². The molecule has 0 radical (unpaired) electrons. The number of nitrogens with one attached hydrogen (secondary N) is 2. The molecule has 0 aliphatic carbocycles. The highest BCUT2D eigenvalue weighted by molar-refractivity contribution is 4.86. The van der Waals surface area contributed by atoms with Gasteiger partial charge in [-0.1, -0.05) is 13.8 Å². The Labute approximate surface area is 81.9 Å². The van der Waals surface area contributed by atoms with E-state index >= 15 is 0 Å². The smallest absolute Gasteiger partial charge is 0.0320 e. The monoisotopic (exact) mass is 185 g/mol. The van der Waals surface area contributed by atoms with Crippen LogP contribution in [-0.2, 0) is 0 Å². The first-order valence-electron chi connectivity index (χ1n) is 5.21. The Hall–Kier alpha value is -0.120. The zero-order valence-corrected chi connectivity index (χ0v) is 9.30. The van der Waals surface area contributed by atoms with E-state index in [9.17, 15) is 0 Å². The van der Waals surface area contributed by atoms with Crippen LogP contribution >= 0.6 is 0 Å². The van der Waals surface area contributed by atoms with E-state index in [0.717, 1.165) is 19.6 Å². The molecule has 0 aromatic heterocycles. The van der Waals surface area contributed by atoms with Crippen molar-refractivity contribution in [3.8, 4) is 0 Å². The minimum Gasteiger partial charge on any atom is -0.314 e. The summed E-state index contributed by atoms with van der Waals surface area (Å²) in [5.74, 6) is 0.711. The second-order valence-corrected chi connectivity index (χ2v) is 4.63. The Morgan fingerprint density at radius 3 is 2.31 bits per heavy atom. The Kier molecular flexibility index (Phi) is 4.16. The number of hydrogen-bond donors (Lipinski definition) is 2. The Balaban J connectivity index is 2.28. The third-order valence-electron chi connectivity index (χ3n) is 2.60. The van der Waals surface area contributed by atoms with E-state index in [-0.39, 0.29) is 0 Å². The predicted molar refractivity (Wildman–Crippen MR) is 57.0 cm³/mol. The van der Waals surface area contributed by atoms with Crippen molar-refractivity contribution in [2.24, 2.45) is 5.92 Å². The van der Waals surface area contributed by atoms with Crippen molar-refractivity contribution in [2.45, 2.75) is 25.9 Å². The normalized spacial score (nSPS) is 20.8. The maximum absolute atomic E-state index is 3.68. The van der Waals surface area contributed by atoms with Crippen LogP contribution in [0, 0.1) is 5.92 Å². The average molecular weight is 185 g/mol. The van der Waals surface area contributed by atoms with Crippen molar-refractivity contribution < 1.29 is 0 Å². The van der Waals surface area contributed by atoms with Crippen molar-refractivity contribution in [3.05, 3.63) is 0 Å². The Morgan fingerprint density at radius 2 is 2.00 bits per heavy atom. The summed E-state index contributed by atoms with van der Waals surface area (Å²) in [6, 6.07) is 1.33. The molecule has 0 bridgehead atoms. The first-order chi connectivity index (χ1) is 6.09. The van der Waals surface area contributed by atoms with E-state index in [1.54, 1.807) is 0 Å². The highest BCUT2D eigenvalue weighted by atomic mass is 15.2. The van der Waals surface area contributed by atoms with Gasteiger partial charge >= 0.3 is 0 Å². The minimum atomic E-state index is 0.627. The lowest BCUT2D eigenvalue weighted by Gasteiger charge is -2.35. The average Bonchev–Trinajstić information content (AvgIpc) is 1.92. The van der Waals surface area contributed by atoms with Crippen LogP contribution in [0.1, 0.15) is 13.8 Å². The summed E-state index contributed by atoms with van der Waals surface area (Å²) in [6.07, 6.45) is 0. The summed E-state index contributed by atoms with van der Waals surface area (Å²) < 4.78 is 0. The van der Waals surface area contributed by atoms with Crippen LogP contribution in [0.25, 0.3) is 0 Å². The van der Waals surface area contributed by atoms with Gasteiger partial charge in [-0.25, -0.2) is 0 Å². The third kappa shape index (κ3) is 3.63. The van der Waals surface area contributed by atoms with Gasteiger partial charge < -0.3 is 15.5 Å². The molecular weight excluding hydrogens is 162 g/mol. The summed E-state index contributed by atoms with van der Waals surface area (Å²) >= 11 is 0. The second kappa shape index (κ2) is 4.94. The molecule has 0 aromatic carbocycles. The number of likely N-dealkylation sites (N-methyl/N-ethyl adjacent to an activating group) is 1. The summed E-state index contributed by atoms with van der Waals surface area (Å²) in [5.41, 5.74) is 0. The molecule has 1 atom stereocenters. The van der Waals surface area contributed by atoms with Crippen LogP contribution in [0.5, 0.6) is 0 Å². The van der Waals surface area contributed by atoms with Gasteiger partial charge in [-0.2, -0.15) is 0 Å². The maximum Gasteiger partial charge on any atom is 0.0320 e. The quantitative estimate of drug-likeness (QED) is 0.638. The fourth-order valence-corrected chi connectivity index (χ4v) is 1.56. The maximum atomic E-state index is 3.68. The van der Waals surface area contributed by atoms with Crippen LogP contribution in [0.15, 0.2) is 0 Å². The number of nitrogens with zero attached hydrogens (tertiary/aromatic N) is 1. The molecular formula is C10H23N3. The lowest BCUT2D eigenvalue weighted by Crippen LogP contribution is -2.60. The molecule has 1 fully saturated rings. The molecule has 1 aliphatic heterocycles. The van der Waals surface area contributed by atoms with E-state index in [4.69, 9.17) is 0 Å². The molecule has 2 N–H and O–H groups in total. The fourth-order valence-electron chi connectivity index (χ4n) is 1.56. The lowest BCUT2D eigenvalue weighted by atomic mass is 10.0. The molecule has 0 saturated carbocycles. The van der Waals surface area contributed by atoms with Crippen molar-refractivity contribution >= 4 is 0 Å². The van der Waals surface area contributed by atoms with Crippen LogP contribution in [0.4, 0.5) is 0 Å². The number of hydrogen-bond acceptors (Lipinski definition) is 3. The molecule has 0 amide bonds. The van der Waals surface area contributed by atoms with Gasteiger partial charge in [0.15, 0.2) is 0 Å². The topological polar surface area (TPSA) is 27.3 Å². The molecule has 1 heterocycles.